The van der Waals surface area contributed by atoms with Crippen molar-refractivity contribution in [3.05, 3.63) is 75.7 Å². The lowest BCUT2D eigenvalue weighted by Gasteiger charge is -2.35. The summed E-state index contributed by atoms with van der Waals surface area (Å²) >= 11 is 1.49. The van der Waals surface area contributed by atoms with Crippen molar-refractivity contribution in [3.63, 3.8) is 0 Å². The highest BCUT2D eigenvalue weighted by Crippen LogP contribution is 2.42. The minimum atomic E-state index is -0.683. The average molecular weight is 696 g/mol. The van der Waals surface area contributed by atoms with Crippen molar-refractivity contribution in [3.8, 4) is 11.4 Å². The van der Waals surface area contributed by atoms with Crippen molar-refractivity contribution in [2.45, 2.75) is 110 Å². The van der Waals surface area contributed by atoms with Gasteiger partial charge in [-0.2, -0.15) is 0 Å². The molecule has 8 heteroatoms. The molecule has 1 saturated heterocycles. The smallest absolute Gasteiger partial charge is 0.262 e. The van der Waals surface area contributed by atoms with E-state index in [-0.39, 0.29) is 17.2 Å². The van der Waals surface area contributed by atoms with Gasteiger partial charge in [0.05, 0.1) is 4.88 Å². The number of rotatable bonds is 12. The molecule has 1 aliphatic heterocycles. The molecule has 2 amide bonds. The maximum absolute atomic E-state index is 13.5. The molecular formula is C42H57N5O2S. The van der Waals surface area contributed by atoms with Gasteiger partial charge in [-0.25, -0.2) is 9.97 Å². The first-order valence-corrected chi connectivity index (χ1v) is 20.0. The third-order valence-corrected chi connectivity index (χ3v) is 12.8. The van der Waals surface area contributed by atoms with E-state index in [1.807, 2.05) is 48.8 Å². The lowest BCUT2D eigenvalue weighted by molar-refractivity contribution is -0.123. The predicted octanol–water partition coefficient (Wildman–Crippen LogP) is 8.36. The number of hydrogen-bond acceptors (Lipinski definition) is 6. The third kappa shape index (κ3) is 9.49. The highest BCUT2D eigenvalue weighted by atomic mass is 32.1. The second-order valence-corrected chi connectivity index (χ2v) is 17.2. The van der Waals surface area contributed by atoms with Gasteiger partial charge in [0.15, 0.2) is 5.82 Å². The van der Waals surface area contributed by atoms with E-state index in [0.29, 0.717) is 29.6 Å². The molecule has 50 heavy (non-hydrogen) atoms. The molecule has 1 saturated carbocycles. The largest absolute Gasteiger partial charge is 0.354 e. The number of carbonyl (C=O) groups excluding carboxylic acids is 2. The summed E-state index contributed by atoms with van der Waals surface area (Å²) in [4.78, 5) is 38.1. The number of allylic oxidation sites excluding steroid dienone is 2. The Kier molecular flexibility index (Phi) is 12.2. The van der Waals surface area contributed by atoms with Crippen molar-refractivity contribution >= 4 is 28.7 Å². The van der Waals surface area contributed by atoms with E-state index in [0.717, 1.165) is 65.3 Å². The SMILES string of the molecule is CCC[C@H]1CC[C@H](C2CC=C(c3cnc(-c4ccc(C[C@H](NC(=O)c5ccc(C(C)(C)C)s5)C(=O)NCC5CCNC5)cc4)nc3)CC2)CC1. The maximum Gasteiger partial charge on any atom is 0.262 e. The van der Waals surface area contributed by atoms with Gasteiger partial charge in [-0.1, -0.05) is 83.7 Å². The monoisotopic (exact) mass is 695 g/mol. The van der Waals surface area contributed by atoms with Crippen LogP contribution in [0.3, 0.4) is 0 Å². The Morgan fingerprint density at radius 1 is 0.920 bits per heavy atom. The van der Waals surface area contributed by atoms with Gasteiger partial charge in [-0.3, -0.25) is 9.59 Å². The lowest BCUT2D eigenvalue weighted by Crippen LogP contribution is -2.49. The summed E-state index contributed by atoms with van der Waals surface area (Å²) in [7, 11) is 0. The van der Waals surface area contributed by atoms with Crippen LogP contribution in [0.15, 0.2) is 54.9 Å². The molecule has 2 unspecified atom stereocenters. The van der Waals surface area contributed by atoms with Crippen LogP contribution in [-0.2, 0) is 16.6 Å². The molecule has 3 aromatic rings. The number of benzene rings is 1. The zero-order valence-corrected chi connectivity index (χ0v) is 31.4. The zero-order valence-electron chi connectivity index (χ0n) is 30.6. The lowest BCUT2D eigenvalue weighted by atomic mass is 9.70. The number of thiophene rings is 1. The maximum atomic E-state index is 13.5. The summed E-state index contributed by atoms with van der Waals surface area (Å²) in [6.07, 6.45) is 19.9. The van der Waals surface area contributed by atoms with Crippen molar-refractivity contribution in [2.24, 2.45) is 23.7 Å². The molecule has 2 aliphatic carbocycles. The second-order valence-electron chi connectivity index (χ2n) is 16.1. The highest BCUT2D eigenvalue weighted by Gasteiger charge is 2.29. The van der Waals surface area contributed by atoms with E-state index in [1.54, 1.807) is 0 Å². The van der Waals surface area contributed by atoms with Gasteiger partial charge in [0.25, 0.3) is 5.91 Å². The second kappa shape index (κ2) is 16.8. The molecule has 3 heterocycles. The van der Waals surface area contributed by atoms with E-state index in [1.165, 1.54) is 68.3 Å². The summed E-state index contributed by atoms with van der Waals surface area (Å²) in [5.41, 5.74) is 4.38. The van der Waals surface area contributed by atoms with Crippen LogP contribution >= 0.6 is 11.3 Å². The van der Waals surface area contributed by atoms with Crippen LogP contribution in [0.4, 0.5) is 0 Å². The van der Waals surface area contributed by atoms with Crippen LogP contribution in [0.1, 0.15) is 118 Å². The van der Waals surface area contributed by atoms with Gasteiger partial charge in [-0.15, -0.1) is 11.3 Å². The van der Waals surface area contributed by atoms with Crippen molar-refractivity contribution in [1.29, 1.82) is 0 Å². The van der Waals surface area contributed by atoms with Gasteiger partial charge in [0.2, 0.25) is 5.91 Å². The average Bonchev–Trinajstić information content (AvgIpc) is 3.85. The molecule has 2 aromatic heterocycles. The minimum absolute atomic E-state index is 0.0372. The Hall–Kier alpha value is -3.36. The van der Waals surface area contributed by atoms with Crippen molar-refractivity contribution in [2.75, 3.05) is 19.6 Å². The van der Waals surface area contributed by atoms with Crippen LogP contribution in [0.25, 0.3) is 17.0 Å². The fourth-order valence-electron chi connectivity index (χ4n) is 8.13. The van der Waals surface area contributed by atoms with Gasteiger partial charge in [-0.05, 0) is 104 Å². The van der Waals surface area contributed by atoms with Crippen LogP contribution in [-0.4, -0.2) is 47.5 Å². The highest BCUT2D eigenvalue weighted by molar-refractivity contribution is 7.14. The Bertz CT molecular complexity index is 1590. The summed E-state index contributed by atoms with van der Waals surface area (Å²) in [6, 6.07) is 11.3. The number of amides is 2. The van der Waals surface area contributed by atoms with Gasteiger partial charge in [0, 0.05) is 41.4 Å². The van der Waals surface area contributed by atoms with E-state index in [4.69, 9.17) is 9.97 Å². The molecule has 6 rings (SSSR count). The van der Waals surface area contributed by atoms with Crippen LogP contribution in [0, 0.1) is 23.7 Å². The normalized spacial score (nSPS) is 23.2. The Balaban J connectivity index is 1.06. The van der Waals surface area contributed by atoms with E-state index < -0.39 is 6.04 Å². The van der Waals surface area contributed by atoms with Crippen molar-refractivity contribution in [1.82, 2.24) is 25.9 Å². The molecular weight excluding hydrogens is 639 g/mol. The number of carbonyl (C=O) groups is 2. The van der Waals surface area contributed by atoms with E-state index >= 15 is 0 Å². The number of aromatic nitrogens is 2. The molecule has 2 fully saturated rings. The first-order chi connectivity index (χ1) is 24.2. The van der Waals surface area contributed by atoms with Crippen LogP contribution < -0.4 is 16.0 Å². The summed E-state index contributed by atoms with van der Waals surface area (Å²) in [5, 5.41) is 9.51. The van der Waals surface area contributed by atoms with Gasteiger partial charge >= 0.3 is 0 Å². The molecule has 1 aromatic carbocycles. The molecule has 3 N–H and O–H groups in total. The quantitative estimate of drug-likeness (QED) is 0.177. The van der Waals surface area contributed by atoms with Gasteiger partial charge < -0.3 is 16.0 Å². The Morgan fingerprint density at radius 2 is 1.68 bits per heavy atom. The Labute approximate surface area is 303 Å². The zero-order chi connectivity index (χ0) is 35.1. The Morgan fingerprint density at radius 3 is 2.30 bits per heavy atom. The molecule has 0 radical (unpaired) electrons. The van der Waals surface area contributed by atoms with Crippen molar-refractivity contribution < 1.29 is 9.59 Å². The van der Waals surface area contributed by atoms with Crippen LogP contribution in [0.2, 0.25) is 0 Å². The molecule has 0 spiro atoms. The van der Waals surface area contributed by atoms with Gasteiger partial charge in [0.1, 0.15) is 6.04 Å². The topological polar surface area (TPSA) is 96.0 Å². The summed E-state index contributed by atoms with van der Waals surface area (Å²) in [6.45, 7) is 11.2. The van der Waals surface area contributed by atoms with E-state index in [2.05, 4.69) is 49.7 Å². The molecule has 0 bridgehead atoms. The fourth-order valence-corrected chi connectivity index (χ4v) is 9.10. The van der Waals surface area contributed by atoms with E-state index in [9.17, 15) is 9.59 Å². The first-order valence-electron chi connectivity index (χ1n) is 19.2. The number of hydrogen-bond donors (Lipinski definition) is 3. The predicted molar refractivity (Wildman–Crippen MR) is 205 cm³/mol. The summed E-state index contributed by atoms with van der Waals surface area (Å²) < 4.78 is 0. The fraction of sp³-hybridized carbons (Fsp3) is 0.571. The molecule has 268 valence electrons. The number of nitrogens with one attached hydrogen (secondary N) is 3. The first kappa shape index (κ1) is 36.4. The summed E-state index contributed by atoms with van der Waals surface area (Å²) in [5.74, 6) is 3.45. The minimum Gasteiger partial charge on any atom is -0.354 e. The number of nitrogens with zero attached hydrogens (tertiary/aromatic N) is 2. The molecule has 7 nitrogen and oxygen atoms in total. The molecule has 3 atom stereocenters. The standard InChI is InChI=1S/C42H57N5O2S/c1-5-6-28-7-11-31(12-8-28)32-15-17-33(18-16-32)35-26-44-39(45-27-35)34-13-9-29(10-14-34)23-36(40(48)46-25-30-21-22-43-24-30)47-41(49)37-19-20-38(50-37)42(2,3)4/h9-10,13-14,17,19-20,26-28,30-32,36,43H,5-8,11-12,15-16,18,21-25H2,1-4H3,(H,46,48)(H,47,49)/t28-,30?,31-,32?,36-/m0/s1. The van der Waals surface area contributed by atoms with Crippen LogP contribution in [0.5, 0.6) is 0 Å². The third-order valence-electron chi connectivity index (χ3n) is 11.3. The molecule has 3 aliphatic rings.